The lowest BCUT2D eigenvalue weighted by Gasteiger charge is -2.26. The van der Waals surface area contributed by atoms with E-state index >= 15 is 0 Å². The summed E-state index contributed by atoms with van der Waals surface area (Å²) in [6.45, 7) is 4.10. The highest BCUT2D eigenvalue weighted by atomic mass is 16.5. The number of hydrogen-bond acceptors (Lipinski definition) is 6. The van der Waals surface area contributed by atoms with Crippen LogP contribution in [0, 0.1) is 13.8 Å². The van der Waals surface area contributed by atoms with E-state index in [9.17, 15) is 14.7 Å². The molecule has 0 aliphatic carbocycles. The van der Waals surface area contributed by atoms with E-state index in [0.29, 0.717) is 29.2 Å². The number of carbonyl (C=O) groups excluding carboxylic acids is 2. The first-order valence-corrected chi connectivity index (χ1v) is 12.0. The summed E-state index contributed by atoms with van der Waals surface area (Å²) < 4.78 is 16.2. The predicted molar refractivity (Wildman–Crippen MR) is 141 cm³/mol. The molecule has 3 aromatic rings. The van der Waals surface area contributed by atoms with Crippen LogP contribution in [0.1, 0.15) is 33.9 Å². The summed E-state index contributed by atoms with van der Waals surface area (Å²) in [4.78, 5) is 28.3. The molecule has 192 valence electrons. The molecule has 0 radical (unpaired) electrons. The van der Waals surface area contributed by atoms with Crippen molar-refractivity contribution in [3.05, 3.63) is 94.1 Å². The van der Waals surface area contributed by atoms with Crippen LogP contribution in [0.2, 0.25) is 0 Å². The predicted octanol–water partition coefficient (Wildman–Crippen LogP) is 4.99. The molecule has 4 rings (SSSR count). The molecule has 3 aromatic carbocycles. The number of amides is 1. The minimum absolute atomic E-state index is 0.0480. The number of likely N-dealkylation sites (tertiary alicyclic amines) is 1. The Labute approximate surface area is 216 Å². The molecular formula is C30H31NO6. The third-order valence-corrected chi connectivity index (χ3v) is 6.60. The SMILES string of the molecule is COc1ccc(CCN2C(=O)C(=O)/C(=C(/O)c3cc(C)ccc3OC)C2c2cccc(C)c2)cc1OC. The molecule has 0 bridgehead atoms. The zero-order valence-electron chi connectivity index (χ0n) is 21.7. The maximum absolute atomic E-state index is 13.4. The Kier molecular flexibility index (Phi) is 7.53. The smallest absolute Gasteiger partial charge is 0.295 e. The van der Waals surface area contributed by atoms with Crippen molar-refractivity contribution in [3.8, 4) is 17.2 Å². The van der Waals surface area contributed by atoms with Gasteiger partial charge in [0.05, 0.1) is 38.5 Å². The largest absolute Gasteiger partial charge is 0.507 e. The second kappa shape index (κ2) is 10.8. The fourth-order valence-electron chi connectivity index (χ4n) is 4.74. The Morgan fingerprint density at radius 3 is 2.19 bits per heavy atom. The molecule has 37 heavy (non-hydrogen) atoms. The molecule has 1 aliphatic heterocycles. The van der Waals surface area contributed by atoms with Gasteiger partial charge < -0.3 is 24.2 Å². The number of ether oxygens (including phenoxy) is 3. The maximum Gasteiger partial charge on any atom is 0.295 e. The Morgan fingerprint density at radius 2 is 1.51 bits per heavy atom. The van der Waals surface area contributed by atoms with Gasteiger partial charge in [0, 0.05) is 6.54 Å². The van der Waals surface area contributed by atoms with Gasteiger partial charge in [0.2, 0.25) is 0 Å². The van der Waals surface area contributed by atoms with Gasteiger partial charge in [0.15, 0.2) is 11.5 Å². The zero-order valence-corrected chi connectivity index (χ0v) is 21.7. The maximum atomic E-state index is 13.4. The van der Waals surface area contributed by atoms with E-state index in [1.165, 1.54) is 12.0 Å². The van der Waals surface area contributed by atoms with Crippen LogP contribution < -0.4 is 14.2 Å². The van der Waals surface area contributed by atoms with Crippen LogP contribution in [0.15, 0.2) is 66.2 Å². The summed E-state index contributed by atoms with van der Waals surface area (Å²) in [5.41, 5.74) is 3.96. The Bertz CT molecular complexity index is 1380. The fourth-order valence-corrected chi connectivity index (χ4v) is 4.74. The van der Waals surface area contributed by atoms with Crippen molar-refractivity contribution >= 4 is 17.4 Å². The zero-order chi connectivity index (χ0) is 26.7. The lowest BCUT2D eigenvalue weighted by atomic mass is 9.93. The topological polar surface area (TPSA) is 85.3 Å². The average Bonchev–Trinajstić information content (AvgIpc) is 3.16. The molecule has 1 aliphatic rings. The lowest BCUT2D eigenvalue weighted by Crippen LogP contribution is -2.31. The van der Waals surface area contributed by atoms with E-state index in [-0.39, 0.29) is 17.9 Å². The average molecular weight is 502 g/mol. The highest BCUT2D eigenvalue weighted by Crippen LogP contribution is 2.41. The monoisotopic (exact) mass is 501 g/mol. The third kappa shape index (κ3) is 5.03. The van der Waals surface area contributed by atoms with Gasteiger partial charge in [-0.1, -0.05) is 47.5 Å². The van der Waals surface area contributed by atoms with E-state index in [0.717, 1.165) is 22.3 Å². The van der Waals surface area contributed by atoms with Gasteiger partial charge in [-0.2, -0.15) is 0 Å². The molecule has 7 heteroatoms. The van der Waals surface area contributed by atoms with Gasteiger partial charge in [-0.25, -0.2) is 0 Å². The van der Waals surface area contributed by atoms with Crippen LogP contribution in [0.5, 0.6) is 17.2 Å². The van der Waals surface area contributed by atoms with E-state index in [4.69, 9.17) is 14.2 Å². The number of nitrogens with zero attached hydrogens (tertiary/aromatic N) is 1. The molecular weight excluding hydrogens is 470 g/mol. The Hall–Kier alpha value is -4.26. The summed E-state index contributed by atoms with van der Waals surface area (Å²) in [5.74, 6) is -0.0101. The first kappa shape index (κ1) is 25.8. The van der Waals surface area contributed by atoms with Crippen LogP contribution in [0.3, 0.4) is 0 Å². The summed E-state index contributed by atoms with van der Waals surface area (Å²) >= 11 is 0. The second-order valence-electron chi connectivity index (χ2n) is 9.05. The summed E-state index contributed by atoms with van der Waals surface area (Å²) in [7, 11) is 4.64. The van der Waals surface area contributed by atoms with Crippen LogP contribution >= 0.6 is 0 Å². The van der Waals surface area contributed by atoms with Gasteiger partial charge in [-0.3, -0.25) is 9.59 Å². The number of aliphatic hydroxyl groups is 1. The Morgan fingerprint density at radius 1 is 0.838 bits per heavy atom. The molecule has 1 amide bonds. The second-order valence-corrected chi connectivity index (χ2v) is 9.05. The molecule has 1 atom stereocenters. The number of Topliss-reactive ketones (excluding diaryl/α,β-unsaturated/α-hetero) is 1. The molecule has 0 aromatic heterocycles. The number of carbonyl (C=O) groups is 2. The van der Waals surface area contributed by atoms with Gasteiger partial charge in [-0.05, 0) is 55.7 Å². The van der Waals surface area contributed by atoms with Crippen molar-refractivity contribution in [2.24, 2.45) is 0 Å². The number of methoxy groups -OCH3 is 3. The number of aryl methyl sites for hydroxylation is 2. The van der Waals surface area contributed by atoms with Crippen molar-refractivity contribution in [2.75, 3.05) is 27.9 Å². The van der Waals surface area contributed by atoms with E-state index in [1.807, 2.05) is 62.4 Å². The van der Waals surface area contributed by atoms with Gasteiger partial charge >= 0.3 is 0 Å². The van der Waals surface area contributed by atoms with Crippen LogP contribution in [0.25, 0.3) is 5.76 Å². The number of benzene rings is 3. The van der Waals surface area contributed by atoms with Gasteiger partial charge in [0.1, 0.15) is 11.5 Å². The first-order valence-electron chi connectivity index (χ1n) is 12.0. The van der Waals surface area contributed by atoms with Gasteiger partial charge in [0.25, 0.3) is 11.7 Å². The lowest BCUT2D eigenvalue weighted by molar-refractivity contribution is -0.139. The molecule has 1 saturated heterocycles. The summed E-state index contributed by atoms with van der Waals surface area (Å²) in [6.07, 6.45) is 0.476. The van der Waals surface area contributed by atoms with E-state index in [1.54, 1.807) is 26.4 Å². The quantitative estimate of drug-likeness (QED) is 0.266. The highest BCUT2D eigenvalue weighted by molar-refractivity contribution is 6.46. The molecule has 1 heterocycles. The van der Waals surface area contributed by atoms with Crippen molar-refractivity contribution in [1.82, 2.24) is 4.90 Å². The molecule has 7 nitrogen and oxygen atoms in total. The number of aliphatic hydroxyl groups excluding tert-OH is 1. The van der Waals surface area contributed by atoms with Crippen molar-refractivity contribution < 1.29 is 28.9 Å². The van der Waals surface area contributed by atoms with Crippen LogP contribution in [-0.2, 0) is 16.0 Å². The van der Waals surface area contributed by atoms with Crippen LogP contribution in [-0.4, -0.2) is 49.6 Å². The molecule has 1 unspecified atom stereocenters. The molecule has 1 N–H and O–H groups in total. The van der Waals surface area contributed by atoms with E-state index in [2.05, 4.69) is 0 Å². The number of rotatable bonds is 8. The fraction of sp³-hybridized carbons (Fsp3) is 0.267. The standard InChI is InChI=1S/C30H31NO6/c1-18-7-6-8-21(15-18)27-26(28(32)22-16-19(2)9-11-23(22)35-3)29(33)30(34)31(27)14-13-20-10-12-24(36-4)25(17-20)37-5/h6-12,15-17,27,32H,13-14H2,1-5H3/b28-26+. The molecule has 0 saturated carbocycles. The minimum Gasteiger partial charge on any atom is -0.507 e. The van der Waals surface area contributed by atoms with Crippen molar-refractivity contribution in [2.45, 2.75) is 26.3 Å². The summed E-state index contributed by atoms with van der Waals surface area (Å²) in [6, 6.07) is 17.8. The molecule has 0 spiro atoms. The highest BCUT2D eigenvalue weighted by Gasteiger charge is 2.46. The minimum atomic E-state index is -0.745. The number of ketones is 1. The third-order valence-electron chi connectivity index (χ3n) is 6.60. The first-order chi connectivity index (χ1) is 17.8. The summed E-state index contributed by atoms with van der Waals surface area (Å²) in [5, 5.41) is 11.4. The number of hydrogen-bond donors (Lipinski definition) is 1. The van der Waals surface area contributed by atoms with Gasteiger partial charge in [-0.15, -0.1) is 0 Å². The van der Waals surface area contributed by atoms with Crippen molar-refractivity contribution in [1.29, 1.82) is 0 Å². The van der Waals surface area contributed by atoms with Crippen LogP contribution in [0.4, 0.5) is 0 Å². The van der Waals surface area contributed by atoms with Crippen molar-refractivity contribution in [3.63, 3.8) is 0 Å². The molecule has 1 fully saturated rings. The van der Waals surface area contributed by atoms with E-state index < -0.39 is 17.7 Å². The Balaban J connectivity index is 1.79. The normalized spacial score (nSPS) is 16.7.